The van der Waals surface area contributed by atoms with Crippen LogP contribution in [0.3, 0.4) is 0 Å². The molecule has 1 aromatic heterocycles. The van der Waals surface area contributed by atoms with Gasteiger partial charge in [-0.2, -0.15) is 0 Å². The third-order valence-corrected chi connectivity index (χ3v) is 2.92. The molecule has 2 rings (SSSR count). The number of carbonyl (C=O) groups excluding carboxylic acids is 1. The molecule has 0 spiro atoms. The van der Waals surface area contributed by atoms with Gasteiger partial charge in [0, 0.05) is 22.7 Å². The van der Waals surface area contributed by atoms with Crippen LogP contribution in [0.4, 0.5) is 0 Å². The fourth-order valence-corrected chi connectivity index (χ4v) is 1.69. The maximum Gasteiger partial charge on any atom is 0.219 e. The second-order valence-corrected chi connectivity index (χ2v) is 4.20. The summed E-state index contributed by atoms with van der Waals surface area (Å²) in [4.78, 5) is 15.7. The number of aldehydes is 1. The highest BCUT2D eigenvalue weighted by atomic mass is 32.2. The molecule has 0 saturated carbocycles. The summed E-state index contributed by atoms with van der Waals surface area (Å²) in [6.07, 6.45) is 4.26. The molecule has 3 nitrogen and oxygen atoms in total. The van der Waals surface area contributed by atoms with Gasteiger partial charge in [-0.15, -0.1) is 11.8 Å². The van der Waals surface area contributed by atoms with E-state index in [2.05, 4.69) is 4.98 Å². The lowest BCUT2D eigenvalue weighted by Crippen LogP contribution is -1.89. The van der Waals surface area contributed by atoms with E-state index in [0.717, 1.165) is 12.0 Å². The summed E-state index contributed by atoms with van der Waals surface area (Å²) < 4.78 is 5.54. The smallest absolute Gasteiger partial charge is 0.219 e. The SMILES string of the molecule is CSc1ccc(Oc2ccc(C=O)cn2)cc1. The van der Waals surface area contributed by atoms with Crippen molar-refractivity contribution in [1.82, 2.24) is 4.98 Å². The molecule has 0 saturated heterocycles. The van der Waals surface area contributed by atoms with Crippen molar-refractivity contribution in [3.05, 3.63) is 48.2 Å². The van der Waals surface area contributed by atoms with Crippen LogP contribution >= 0.6 is 11.8 Å². The number of benzene rings is 1. The van der Waals surface area contributed by atoms with E-state index in [0.29, 0.717) is 11.4 Å². The van der Waals surface area contributed by atoms with E-state index in [1.54, 1.807) is 23.9 Å². The number of hydrogen-bond acceptors (Lipinski definition) is 4. The van der Waals surface area contributed by atoms with E-state index < -0.39 is 0 Å². The van der Waals surface area contributed by atoms with Crippen LogP contribution in [0.25, 0.3) is 0 Å². The minimum Gasteiger partial charge on any atom is -0.439 e. The molecular formula is C13H11NO2S. The summed E-state index contributed by atoms with van der Waals surface area (Å²) in [5.74, 6) is 1.21. The van der Waals surface area contributed by atoms with E-state index >= 15 is 0 Å². The van der Waals surface area contributed by atoms with Crippen LogP contribution in [-0.4, -0.2) is 17.5 Å². The lowest BCUT2D eigenvalue weighted by Gasteiger charge is -2.04. The molecule has 17 heavy (non-hydrogen) atoms. The van der Waals surface area contributed by atoms with Crippen molar-refractivity contribution in [3.63, 3.8) is 0 Å². The predicted octanol–water partition coefficient (Wildman–Crippen LogP) is 3.41. The van der Waals surface area contributed by atoms with Crippen LogP contribution in [0.1, 0.15) is 10.4 Å². The molecule has 4 heteroatoms. The summed E-state index contributed by atoms with van der Waals surface area (Å²) in [5.41, 5.74) is 0.537. The molecule has 0 N–H and O–H groups in total. The summed E-state index contributed by atoms with van der Waals surface area (Å²) in [6, 6.07) is 11.1. The van der Waals surface area contributed by atoms with E-state index in [9.17, 15) is 4.79 Å². The molecule has 1 heterocycles. The zero-order valence-corrected chi connectivity index (χ0v) is 10.1. The molecule has 2 aromatic rings. The summed E-state index contributed by atoms with van der Waals surface area (Å²) >= 11 is 1.68. The minimum atomic E-state index is 0.479. The lowest BCUT2D eigenvalue weighted by atomic mass is 10.3. The second kappa shape index (κ2) is 5.50. The number of nitrogens with zero attached hydrogens (tertiary/aromatic N) is 1. The highest BCUT2D eigenvalue weighted by molar-refractivity contribution is 7.98. The van der Waals surface area contributed by atoms with E-state index in [4.69, 9.17) is 4.74 Å². The number of hydrogen-bond donors (Lipinski definition) is 0. The van der Waals surface area contributed by atoms with Gasteiger partial charge in [-0.25, -0.2) is 4.98 Å². The van der Waals surface area contributed by atoms with Gasteiger partial charge in [-0.1, -0.05) is 0 Å². The van der Waals surface area contributed by atoms with Crippen LogP contribution in [0.2, 0.25) is 0 Å². The number of aromatic nitrogens is 1. The molecular weight excluding hydrogens is 234 g/mol. The first-order valence-electron chi connectivity index (χ1n) is 5.05. The third kappa shape index (κ3) is 3.07. The van der Waals surface area contributed by atoms with Gasteiger partial charge in [0.1, 0.15) is 5.75 Å². The van der Waals surface area contributed by atoms with Crippen molar-refractivity contribution in [2.24, 2.45) is 0 Å². The first-order valence-corrected chi connectivity index (χ1v) is 6.27. The highest BCUT2D eigenvalue weighted by Crippen LogP contribution is 2.22. The largest absolute Gasteiger partial charge is 0.439 e. The van der Waals surface area contributed by atoms with Gasteiger partial charge >= 0.3 is 0 Å². The maximum absolute atomic E-state index is 10.5. The number of rotatable bonds is 4. The van der Waals surface area contributed by atoms with Gasteiger partial charge in [-0.3, -0.25) is 4.79 Å². The summed E-state index contributed by atoms with van der Waals surface area (Å²) in [7, 11) is 0. The van der Waals surface area contributed by atoms with Gasteiger partial charge in [0.2, 0.25) is 5.88 Å². The van der Waals surface area contributed by atoms with Crippen LogP contribution in [0.15, 0.2) is 47.5 Å². The van der Waals surface area contributed by atoms with E-state index in [1.807, 2.05) is 30.5 Å². The number of pyridine rings is 1. The van der Waals surface area contributed by atoms with Gasteiger partial charge in [0.05, 0.1) is 0 Å². The first-order chi connectivity index (χ1) is 8.31. The maximum atomic E-state index is 10.5. The van der Waals surface area contributed by atoms with Gasteiger partial charge in [-0.05, 0) is 36.6 Å². The third-order valence-electron chi connectivity index (χ3n) is 2.18. The molecule has 0 aliphatic heterocycles. The van der Waals surface area contributed by atoms with Crippen molar-refractivity contribution in [1.29, 1.82) is 0 Å². The molecule has 0 aliphatic carbocycles. The number of carbonyl (C=O) groups is 1. The highest BCUT2D eigenvalue weighted by Gasteiger charge is 1.99. The van der Waals surface area contributed by atoms with Crippen molar-refractivity contribution in [3.8, 4) is 11.6 Å². The summed E-state index contributed by atoms with van der Waals surface area (Å²) in [6.45, 7) is 0. The topological polar surface area (TPSA) is 39.2 Å². The van der Waals surface area contributed by atoms with Crippen LogP contribution in [0, 0.1) is 0 Å². The van der Waals surface area contributed by atoms with Crippen LogP contribution in [-0.2, 0) is 0 Å². The van der Waals surface area contributed by atoms with Crippen LogP contribution < -0.4 is 4.74 Å². The predicted molar refractivity (Wildman–Crippen MR) is 67.9 cm³/mol. The molecule has 0 bridgehead atoms. The molecule has 0 atom stereocenters. The molecule has 0 fully saturated rings. The van der Waals surface area contributed by atoms with Crippen molar-refractivity contribution in [2.45, 2.75) is 4.90 Å². The van der Waals surface area contributed by atoms with Gasteiger partial charge < -0.3 is 4.74 Å². The Morgan fingerprint density at radius 3 is 2.47 bits per heavy atom. The Hall–Kier alpha value is -1.81. The Balaban J connectivity index is 2.10. The monoisotopic (exact) mass is 245 g/mol. The Kier molecular flexibility index (Phi) is 3.77. The standard InChI is InChI=1S/C13H11NO2S/c1-17-12-5-3-11(4-6-12)16-13-7-2-10(9-15)8-14-13/h2-9H,1H3. The average molecular weight is 245 g/mol. The normalized spacial score (nSPS) is 9.94. The number of thioether (sulfide) groups is 1. The zero-order valence-electron chi connectivity index (χ0n) is 9.29. The van der Waals surface area contributed by atoms with Gasteiger partial charge in [0.25, 0.3) is 0 Å². The molecule has 86 valence electrons. The zero-order chi connectivity index (χ0) is 12.1. The molecule has 1 aromatic carbocycles. The van der Waals surface area contributed by atoms with E-state index in [1.165, 1.54) is 11.1 Å². The summed E-state index contributed by atoms with van der Waals surface area (Å²) in [5, 5.41) is 0. The Labute approximate surface area is 104 Å². The first kappa shape index (κ1) is 11.7. The van der Waals surface area contributed by atoms with Crippen LogP contribution in [0.5, 0.6) is 11.6 Å². The Morgan fingerprint density at radius 2 is 1.94 bits per heavy atom. The van der Waals surface area contributed by atoms with Crippen molar-refractivity contribution in [2.75, 3.05) is 6.26 Å². The van der Waals surface area contributed by atoms with Crippen molar-refractivity contribution < 1.29 is 9.53 Å². The number of ether oxygens (including phenoxy) is 1. The Morgan fingerprint density at radius 1 is 1.18 bits per heavy atom. The fourth-order valence-electron chi connectivity index (χ4n) is 1.29. The second-order valence-electron chi connectivity index (χ2n) is 3.33. The molecule has 0 amide bonds. The minimum absolute atomic E-state index is 0.479. The molecule has 0 unspecified atom stereocenters. The van der Waals surface area contributed by atoms with Gasteiger partial charge in [0.15, 0.2) is 6.29 Å². The van der Waals surface area contributed by atoms with E-state index in [-0.39, 0.29) is 0 Å². The fraction of sp³-hybridized carbons (Fsp3) is 0.0769. The quantitative estimate of drug-likeness (QED) is 0.611. The average Bonchev–Trinajstić information content (AvgIpc) is 2.40. The van der Waals surface area contributed by atoms with Crippen molar-refractivity contribution >= 4 is 18.0 Å². The molecule has 0 aliphatic rings. The lowest BCUT2D eigenvalue weighted by molar-refractivity contribution is 0.112. The Bertz CT molecular complexity index is 494. The molecule has 0 radical (unpaired) electrons.